The summed E-state index contributed by atoms with van der Waals surface area (Å²) in [6.07, 6.45) is 1.06. The molecule has 1 atom stereocenters. The van der Waals surface area contributed by atoms with Gasteiger partial charge in [-0.25, -0.2) is 0 Å². The molecule has 4 heteroatoms. The number of hydrogen-bond acceptors (Lipinski definition) is 3. The molecule has 1 heterocycles. The van der Waals surface area contributed by atoms with Crippen molar-refractivity contribution in [2.24, 2.45) is 0 Å². The van der Waals surface area contributed by atoms with Crippen LogP contribution in [0, 0.1) is 0 Å². The highest BCUT2D eigenvalue weighted by Gasteiger charge is 2.19. The summed E-state index contributed by atoms with van der Waals surface area (Å²) in [6.45, 7) is 4.90. The van der Waals surface area contributed by atoms with Gasteiger partial charge in [-0.2, -0.15) is 0 Å². The van der Waals surface area contributed by atoms with Crippen molar-refractivity contribution in [1.82, 2.24) is 0 Å². The summed E-state index contributed by atoms with van der Waals surface area (Å²) in [4.78, 5) is 15.0. The molecule has 0 amide bonds. The fourth-order valence-electron chi connectivity index (χ4n) is 3.27. The monoisotopic (exact) mass is 310 g/mol. The van der Waals surface area contributed by atoms with E-state index in [4.69, 9.17) is 0 Å². The molecule has 120 valence electrons. The van der Waals surface area contributed by atoms with Gasteiger partial charge < -0.3 is 19.7 Å². The minimum atomic E-state index is -1.10. The maximum atomic E-state index is 11.3. The molecule has 0 spiro atoms. The van der Waals surface area contributed by atoms with E-state index < -0.39 is 5.97 Å². The first kappa shape index (κ1) is 15.6. The van der Waals surface area contributed by atoms with Gasteiger partial charge in [-0.05, 0) is 6.07 Å². The number of anilines is 1. The molecular formula is C19H22N2O2. The van der Waals surface area contributed by atoms with Crippen molar-refractivity contribution in [3.8, 4) is 0 Å². The smallest absolute Gasteiger partial charge is 0.103 e. The number of quaternary nitrogens is 1. The van der Waals surface area contributed by atoms with Gasteiger partial charge in [0.2, 0.25) is 0 Å². The predicted molar refractivity (Wildman–Crippen MR) is 88.4 cm³/mol. The zero-order chi connectivity index (χ0) is 16.1. The van der Waals surface area contributed by atoms with Gasteiger partial charge in [0.05, 0.1) is 25.6 Å². The lowest BCUT2D eigenvalue weighted by Crippen LogP contribution is -3.11. The lowest BCUT2D eigenvalue weighted by Gasteiger charge is -2.25. The third-order valence-corrected chi connectivity index (χ3v) is 4.46. The zero-order valence-electron chi connectivity index (χ0n) is 13.2. The van der Waals surface area contributed by atoms with Crippen LogP contribution in [0.25, 0.3) is 0 Å². The number of carboxylic acids is 1. The van der Waals surface area contributed by atoms with Gasteiger partial charge in [-0.15, -0.1) is 0 Å². The zero-order valence-corrected chi connectivity index (χ0v) is 13.2. The van der Waals surface area contributed by atoms with Gasteiger partial charge in [0, 0.05) is 29.8 Å². The molecule has 23 heavy (non-hydrogen) atoms. The Morgan fingerprint density at radius 3 is 2.52 bits per heavy atom. The SMILES string of the molecule is O=C([O-])c1ccccc1N1CCC[NH+](Cc2ccccc2)CC1. The number of para-hydroxylation sites is 1. The van der Waals surface area contributed by atoms with Crippen molar-refractivity contribution in [3.05, 3.63) is 65.7 Å². The summed E-state index contributed by atoms with van der Waals surface area (Å²) >= 11 is 0. The lowest BCUT2D eigenvalue weighted by atomic mass is 10.1. The molecule has 1 aliphatic heterocycles. The standard InChI is InChI=1S/C19H22N2O2/c22-19(23)17-9-4-5-10-18(17)21-12-6-11-20(13-14-21)15-16-7-2-1-3-8-16/h1-5,7-10H,6,11-15H2,(H,22,23). The molecule has 1 aliphatic rings. The molecule has 0 bridgehead atoms. The average molecular weight is 310 g/mol. The van der Waals surface area contributed by atoms with E-state index in [1.165, 1.54) is 5.56 Å². The molecule has 1 N–H and O–H groups in total. The number of carboxylic acid groups (broad SMARTS) is 1. The van der Waals surface area contributed by atoms with Crippen LogP contribution in [0.5, 0.6) is 0 Å². The summed E-state index contributed by atoms with van der Waals surface area (Å²) in [5, 5.41) is 11.3. The van der Waals surface area contributed by atoms with Crippen molar-refractivity contribution < 1.29 is 14.8 Å². The Hall–Kier alpha value is -2.33. The summed E-state index contributed by atoms with van der Waals surface area (Å²) in [7, 11) is 0. The van der Waals surface area contributed by atoms with Crippen LogP contribution in [0.2, 0.25) is 0 Å². The first-order valence-corrected chi connectivity index (χ1v) is 8.17. The lowest BCUT2D eigenvalue weighted by molar-refractivity contribution is -0.911. The van der Waals surface area contributed by atoms with Crippen LogP contribution in [0.15, 0.2) is 54.6 Å². The van der Waals surface area contributed by atoms with E-state index in [9.17, 15) is 9.90 Å². The Kier molecular flexibility index (Phi) is 4.93. The third-order valence-electron chi connectivity index (χ3n) is 4.46. The number of aromatic carboxylic acids is 1. The maximum absolute atomic E-state index is 11.3. The second kappa shape index (κ2) is 7.29. The molecule has 1 unspecified atom stereocenters. The fourth-order valence-corrected chi connectivity index (χ4v) is 3.27. The molecule has 1 fully saturated rings. The van der Waals surface area contributed by atoms with Gasteiger partial charge in [-0.3, -0.25) is 0 Å². The molecule has 1 saturated heterocycles. The number of nitrogens with zero attached hydrogens (tertiary/aromatic N) is 1. The predicted octanol–water partition coefficient (Wildman–Crippen LogP) is 0.345. The van der Waals surface area contributed by atoms with Crippen LogP contribution in [0.3, 0.4) is 0 Å². The molecule has 0 saturated carbocycles. The first-order valence-electron chi connectivity index (χ1n) is 8.17. The van der Waals surface area contributed by atoms with E-state index in [1.807, 2.05) is 18.2 Å². The number of rotatable bonds is 4. The van der Waals surface area contributed by atoms with Crippen molar-refractivity contribution in [1.29, 1.82) is 0 Å². The number of benzene rings is 2. The van der Waals surface area contributed by atoms with E-state index in [1.54, 1.807) is 17.0 Å². The number of nitrogens with one attached hydrogen (secondary N) is 1. The van der Waals surface area contributed by atoms with Crippen LogP contribution < -0.4 is 14.9 Å². The van der Waals surface area contributed by atoms with Crippen LogP contribution in [0.1, 0.15) is 22.3 Å². The van der Waals surface area contributed by atoms with E-state index in [0.717, 1.165) is 44.8 Å². The molecule has 0 aliphatic carbocycles. The molecule has 4 nitrogen and oxygen atoms in total. The molecule has 3 rings (SSSR count). The van der Waals surface area contributed by atoms with E-state index in [2.05, 4.69) is 29.2 Å². The van der Waals surface area contributed by atoms with Gasteiger partial charge in [0.1, 0.15) is 6.54 Å². The van der Waals surface area contributed by atoms with Crippen LogP contribution in [0.4, 0.5) is 5.69 Å². The fraction of sp³-hybridized carbons (Fsp3) is 0.316. The summed E-state index contributed by atoms with van der Waals surface area (Å²) in [5.41, 5.74) is 2.43. The van der Waals surface area contributed by atoms with Gasteiger partial charge in [-0.1, -0.05) is 48.5 Å². The minimum absolute atomic E-state index is 0.291. The first-order chi connectivity index (χ1) is 11.2. The highest BCUT2D eigenvalue weighted by atomic mass is 16.4. The van der Waals surface area contributed by atoms with Gasteiger partial charge in [0.25, 0.3) is 0 Å². The van der Waals surface area contributed by atoms with Crippen molar-refractivity contribution in [3.63, 3.8) is 0 Å². The van der Waals surface area contributed by atoms with Gasteiger partial charge >= 0.3 is 0 Å². The van der Waals surface area contributed by atoms with E-state index >= 15 is 0 Å². The van der Waals surface area contributed by atoms with Crippen molar-refractivity contribution >= 4 is 11.7 Å². The Bertz CT molecular complexity index is 657. The van der Waals surface area contributed by atoms with E-state index in [0.29, 0.717) is 5.56 Å². The van der Waals surface area contributed by atoms with Crippen LogP contribution >= 0.6 is 0 Å². The summed E-state index contributed by atoms with van der Waals surface area (Å²) < 4.78 is 0. The maximum Gasteiger partial charge on any atom is 0.103 e. The Morgan fingerprint density at radius 2 is 1.74 bits per heavy atom. The number of carbonyl (C=O) groups excluding carboxylic acids is 1. The second-order valence-corrected chi connectivity index (χ2v) is 6.06. The van der Waals surface area contributed by atoms with Crippen LogP contribution in [-0.4, -0.2) is 32.1 Å². The summed E-state index contributed by atoms with van der Waals surface area (Å²) in [5.74, 6) is -1.10. The molecule has 2 aromatic carbocycles. The van der Waals surface area contributed by atoms with Gasteiger partial charge in [0.15, 0.2) is 0 Å². The quantitative estimate of drug-likeness (QED) is 0.886. The minimum Gasteiger partial charge on any atom is -0.545 e. The van der Waals surface area contributed by atoms with Crippen molar-refractivity contribution in [2.75, 3.05) is 31.1 Å². The Morgan fingerprint density at radius 1 is 1.00 bits per heavy atom. The number of hydrogen-bond donors (Lipinski definition) is 1. The normalized spacial score (nSPS) is 18.4. The topological polar surface area (TPSA) is 47.8 Å². The Balaban J connectivity index is 1.68. The average Bonchev–Trinajstić information content (AvgIpc) is 2.81. The molecular weight excluding hydrogens is 288 g/mol. The third kappa shape index (κ3) is 3.90. The second-order valence-electron chi connectivity index (χ2n) is 6.06. The number of carbonyl (C=O) groups is 1. The van der Waals surface area contributed by atoms with E-state index in [-0.39, 0.29) is 0 Å². The molecule has 0 radical (unpaired) electrons. The highest BCUT2D eigenvalue weighted by molar-refractivity contribution is 5.92. The molecule has 0 aromatic heterocycles. The summed E-state index contributed by atoms with van der Waals surface area (Å²) in [6, 6.07) is 17.7. The molecule has 2 aromatic rings. The van der Waals surface area contributed by atoms with Crippen LogP contribution in [-0.2, 0) is 6.54 Å². The highest BCUT2D eigenvalue weighted by Crippen LogP contribution is 2.20. The largest absolute Gasteiger partial charge is 0.545 e. The Labute approximate surface area is 137 Å². The van der Waals surface area contributed by atoms with Crippen molar-refractivity contribution in [2.45, 2.75) is 13.0 Å².